The molecule has 1 rings (SSSR count). The van der Waals surface area contributed by atoms with Gasteiger partial charge < -0.3 is 5.11 Å². The monoisotopic (exact) mass is 240 g/mol. The number of benzene rings is 1. The minimum absolute atomic E-state index is 0.335. The van der Waals surface area contributed by atoms with Crippen molar-refractivity contribution in [3.05, 3.63) is 29.8 Å². The van der Waals surface area contributed by atoms with Gasteiger partial charge >= 0.3 is 0 Å². The molecular formula is C13H20O2S. The van der Waals surface area contributed by atoms with Crippen molar-refractivity contribution in [3.63, 3.8) is 0 Å². The molecule has 0 fully saturated rings. The zero-order chi connectivity index (χ0) is 12.1. The maximum atomic E-state index is 11.9. The molecule has 0 bridgehead atoms. The van der Waals surface area contributed by atoms with Gasteiger partial charge in [-0.3, -0.25) is 4.21 Å². The number of rotatable bonds is 5. The molecular weight excluding hydrogens is 220 g/mol. The molecule has 0 radical (unpaired) electrons. The number of hydrogen-bond acceptors (Lipinski definition) is 2. The number of hydrogen-bond donors (Lipinski definition) is 1. The van der Waals surface area contributed by atoms with Crippen LogP contribution in [0.25, 0.3) is 0 Å². The van der Waals surface area contributed by atoms with Gasteiger partial charge in [-0.1, -0.05) is 31.5 Å². The molecule has 1 aromatic rings. The third-order valence-electron chi connectivity index (χ3n) is 2.37. The van der Waals surface area contributed by atoms with Crippen LogP contribution in [0, 0.1) is 12.8 Å². The Hall–Kier alpha value is -0.670. The van der Waals surface area contributed by atoms with E-state index in [9.17, 15) is 9.32 Å². The minimum atomic E-state index is -1.09. The lowest BCUT2D eigenvalue weighted by Gasteiger charge is -2.12. The van der Waals surface area contributed by atoms with Gasteiger partial charge in [-0.25, -0.2) is 0 Å². The lowest BCUT2D eigenvalue weighted by molar-refractivity contribution is 0.171. The smallest absolute Gasteiger partial charge is 0.0661 e. The minimum Gasteiger partial charge on any atom is -0.392 e. The van der Waals surface area contributed by atoms with E-state index in [2.05, 4.69) is 13.8 Å². The molecule has 2 atom stereocenters. The van der Waals surface area contributed by atoms with Crippen molar-refractivity contribution in [2.24, 2.45) is 5.92 Å². The third-order valence-corrected chi connectivity index (χ3v) is 3.86. The number of aliphatic hydroxyl groups is 1. The van der Waals surface area contributed by atoms with Crippen LogP contribution in [0.2, 0.25) is 0 Å². The highest BCUT2D eigenvalue weighted by Gasteiger charge is 2.12. The van der Waals surface area contributed by atoms with Crippen molar-refractivity contribution in [1.29, 1.82) is 0 Å². The standard InChI is InChI=1S/C13H20O2S/c1-10(2)8-12(14)9-16(15)13-6-4-11(3)5-7-13/h4-7,10,12,14H,8-9H2,1-3H3/t12-,16?/m1/s1. The van der Waals surface area contributed by atoms with Crippen LogP contribution in [0.3, 0.4) is 0 Å². The van der Waals surface area contributed by atoms with Gasteiger partial charge in [0.2, 0.25) is 0 Å². The van der Waals surface area contributed by atoms with Crippen molar-refractivity contribution in [1.82, 2.24) is 0 Å². The predicted molar refractivity (Wildman–Crippen MR) is 67.9 cm³/mol. The van der Waals surface area contributed by atoms with Gasteiger partial charge in [0.05, 0.1) is 22.7 Å². The molecule has 1 unspecified atom stereocenters. The van der Waals surface area contributed by atoms with E-state index in [1.807, 2.05) is 31.2 Å². The summed E-state index contributed by atoms with van der Waals surface area (Å²) in [6.07, 6.45) is 0.236. The number of aliphatic hydroxyl groups excluding tert-OH is 1. The van der Waals surface area contributed by atoms with Gasteiger partial charge in [0.15, 0.2) is 0 Å². The van der Waals surface area contributed by atoms with Gasteiger partial charge in [0.25, 0.3) is 0 Å². The molecule has 0 saturated carbocycles. The Morgan fingerprint density at radius 2 is 1.81 bits per heavy atom. The highest BCUT2D eigenvalue weighted by molar-refractivity contribution is 7.85. The molecule has 1 N–H and O–H groups in total. The van der Waals surface area contributed by atoms with Crippen molar-refractivity contribution < 1.29 is 9.32 Å². The van der Waals surface area contributed by atoms with Gasteiger partial charge in [-0.15, -0.1) is 0 Å². The van der Waals surface area contributed by atoms with Gasteiger partial charge in [0, 0.05) is 4.90 Å². The first kappa shape index (κ1) is 13.4. The van der Waals surface area contributed by atoms with Crippen LogP contribution < -0.4 is 0 Å². The molecule has 0 saturated heterocycles. The van der Waals surface area contributed by atoms with Crippen LogP contribution in [-0.4, -0.2) is 21.2 Å². The van der Waals surface area contributed by atoms with E-state index in [1.54, 1.807) is 0 Å². The van der Waals surface area contributed by atoms with Crippen molar-refractivity contribution >= 4 is 10.8 Å². The van der Waals surface area contributed by atoms with E-state index < -0.39 is 16.9 Å². The van der Waals surface area contributed by atoms with Crippen LogP contribution in [0.15, 0.2) is 29.2 Å². The summed E-state index contributed by atoms with van der Waals surface area (Å²) in [7, 11) is -1.09. The molecule has 1 aromatic carbocycles. The fraction of sp³-hybridized carbons (Fsp3) is 0.538. The fourth-order valence-corrected chi connectivity index (χ4v) is 2.69. The van der Waals surface area contributed by atoms with Crippen LogP contribution >= 0.6 is 0 Å². The lowest BCUT2D eigenvalue weighted by atomic mass is 10.1. The van der Waals surface area contributed by atoms with E-state index in [4.69, 9.17) is 0 Å². The Balaban J connectivity index is 2.55. The first-order chi connectivity index (χ1) is 7.49. The van der Waals surface area contributed by atoms with Crippen LogP contribution in [0.1, 0.15) is 25.8 Å². The van der Waals surface area contributed by atoms with E-state index in [0.717, 1.165) is 10.5 Å². The zero-order valence-corrected chi connectivity index (χ0v) is 11.0. The normalized spacial score (nSPS) is 15.1. The van der Waals surface area contributed by atoms with Crippen molar-refractivity contribution in [2.75, 3.05) is 5.75 Å². The van der Waals surface area contributed by atoms with Crippen molar-refractivity contribution in [3.8, 4) is 0 Å². The van der Waals surface area contributed by atoms with E-state index >= 15 is 0 Å². The third kappa shape index (κ3) is 4.45. The zero-order valence-electron chi connectivity index (χ0n) is 10.1. The van der Waals surface area contributed by atoms with Gasteiger partial charge in [-0.2, -0.15) is 0 Å². The second-order valence-electron chi connectivity index (χ2n) is 4.61. The lowest BCUT2D eigenvalue weighted by Crippen LogP contribution is -2.18. The molecule has 0 heterocycles. The summed E-state index contributed by atoms with van der Waals surface area (Å²) in [4.78, 5) is 0.799. The van der Waals surface area contributed by atoms with E-state index in [-0.39, 0.29) is 0 Å². The Morgan fingerprint density at radius 1 is 1.25 bits per heavy atom. The maximum absolute atomic E-state index is 11.9. The van der Waals surface area contributed by atoms with Crippen LogP contribution in [0.5, 0.6) is 0 Å². The summed E-state index contributed by atoms with van der Waals surface area (Å²) < 4.78 is 11.9. The molecule has 0 aliphatic rings. The van der Waals surface area contributed by atoms with Crippen LogP contribution in [0.4, 0.5) is 0 Å². The molecule has 0 aliphatic carbocycles. The summed E-state index contributed by atoms with van der Waals surface area (Å²) in [6.45, 7) is 6.11. The highest BCUT2D eigenvalue weighted by Crippen LogP contribution is 2.12. The first-order valence-corrected chi connectivity index (χ1v) is 6.94. The summed E-state index contributed by atoms with van der Waals surface area (Å²) >= 11 is 0. The molecule has 2 nitrogen and oxygen atoms in total. The van der Waals surface area contributed by atoms with Gasteiger partial charge in [-0.05, 0) is 31.4 Å². The first-order valence-electron chi connectivity index (χ1n) is 5.62. The highest BCUT2D eigenvalue weighted by atomic mass is 32.2. The second-order valence-corrected chi connectivity index (χ2v) is 6.10. The predicted octanol–water partition coefficient (Wildman–Crippen LogP) is 2.51. The molecule has 0 amide bonds. The van der Waals surface area contributed by atoms with Crippen LogP contribution in [-0.2, 0) is 10.8 Å². The van der Waals surface area contributed by atoms with E-state index in [0.29, 0.717) is 18.1 Å². The summed E-state index contributed by atoms with van der Waals surface area (Å²) in [5.41, 5.74) is 1.16. The Bertz CT molecular complexity index is 343. The van der Waals surface area contributed by atoms with Crippen molar-refractivity contribution in [2.45, 2.75) is 38.2 Å². The average molecular weight is 240 g/mol. The molecule has 0 aromatic heterocycles. The van der Waals surface area contributed by atoms with Gasteiger partial charge in [0.1, 0.15) is 0 Å². The SMILES string of the molecule is Cc1ccc(S(=O)C[C@H](O)CC(C)C)cc1. The fourth-order valence-electron chi connectivity index (χ4n) is 1.57. The Kier molecular flexibility index (Phi) is 5.16. The Morgan fingerprint density at radius 3 is 2.31 bits per heavy atom. The molecule has 90 valence electrons. The number of aryl methyl sites for hydroxylation is 1. The molecule has 0 aliphatic heterocycles. The maximum Gasteiger partial charge on any atom is 0.0661 e. The average Bonchev–Trinajstić information content (AvgIpc) is 2.16. The van der Waals surface area contributed by atoms with E-state index in [1.165, 1.54) is 0 Å². The molecule has 0 spiro atoms. The summed E-state index contributed by atoms with van der Waals surface area (Å²) in [5, 5.41) is 9.71. The second kappa shape index (κ2) is 6.16. The Labute approximate surface area is 100 Å². The molecule has 16 heavy (non-hydrogen) atoms. The summed E-state index contributed by atoms with van der Waals surface area (Å²) in [5.74, 6) is 0.770. The molecule has 3 heteroatoms. The largest absolute Gasteiger partial charge is 0.392 e. The topological polar surface area (TPSA) is 37.3 Å². The summed E-state index contributed by atoms with van der Waals surface area (Å²) in [6, 6.07) is 7.63. The quantitative estimate of drug-likeness (QED) is 0.858.